The van der Waals surface area contributed by atoms with Crippen LogP contribution in [0.15, 0.2) is 47.6 Å². The fourth-order valence-electron chi connectivity index (χ4n) is 3.28. The number of amides is 1. The summed E-state index contributed by atoms with van der Waals surface area (Å²) in [7, 11) is 0. The highest BCUT2D eigenvalue weighted by molar-refractivity contribution is 7.98. The average molecular weight is 445 g/mol. The van der Waals surface area contributed by atoms with Gasteiger partial charge in [-0.05, 0) is 55.2 Å². The molecule has 8 heteroatoms. The number of rotatable bonds is 7. The summed E-state index contributed by atoms with van der Waals surface area (Å²) >= 11 is 7.76. The maximum Gasteiger partial charge on any atom is 0.223 e. The quantitative estimate of drug-likeness (QED) is 0.516. The second kappa shape index (κ2) is 9.18. The number of benzene rings is 2. The first kappa shape index (κ1) is 20.9. The minimum Gasteiger partial charge on any atom is -0.349 e. The standard InChI is InChI=1S/C22H22ClFN4OS/c1-14-5-8-17(23)11-19(14)28-20(12-25-21(29)16-3-2-4-16)26-27-22(28)30-13-15-6-9-18(24)10-7-15/h5-11,16H,2-4,12-13H2,1H3,(H,25,29). The molecule has 0 atom stereocenters. The molecule has 30 heavy (non-hydrogen) atoms. The molecule has 4 rings (SSSR count). The Hall–Kier alpha value is -2.38. The lowest BCUT2D eigenvalue weighted by molar-refractivity contribution is -0.127. The third-order valence-corrected chi connectivity index (χ3v) is 6.53. The van der Waals surface area contributed by atoms with Crippen molar-refractivity contribution in [3.8, 4) is 5.69 Å². The van der Waals surface area contributed by atoms with E-state index >= 15 is 0 Å². The Bertz CT molecular complexity index is 1050. The average Bonchev–Trinajstić information content (AvgIpc) is 3.09. The summed E-state index contributed by atoms with van der Waals surface area (Å²) in [5.41, 5.74) is 2.88. The first-order valence-corrected chi connectivity index (χ1v) is 11.2. The molecular formula is C22H22ClFN4OS. The number of aromatic nitrogens is 3. The predicted octanol–water partition coefficient (Wildman–Crippen LogP) is 5.08. The summed E-state index contributed by atoms with van der Waals surface area (Å²) < 4.78 is 15.1. The Morgan fingerprint density at radius 2 is 2.00 bits per heavy atom. The maximum atomic E-state index is 13.2. The van der Waals surface area contributed by atoms with Gasteiger partial charge in [0.25, 0.3) is 0 Å². The Labute approximate surface area is 184 Å². The molecule has 1 amide bonds. The molecule has 0 radical (unpaired) electrons. The van der Waals surface area contributed by atoms with Crippen LogP contribution in [0.5, 0.6) is 0 Å². The number of hydrogen-bond donors (Lipinski definition) is 1. The zero-order chi connectivity index (χ0) is 21.1. The lowest BCUT2D eigenvalue weighted by Gasteiger charge is -2.24. The number of nitrogens with zero attached hydrogens (tertiary/aromatic N) is 3. The lowest BCUT2D eigenvalue weighted by atomic mass is 9.85. The SMILES string of the molecule is Cc1ccc(Cl)cc1-n1c(CNC(=O)C2CCC2)nnc1SCc1ccc(F)cc1. The van der Waals surface area contributed by atoms with E-state index in [9.17, 15) is 9.18 Å². The molecule has 1 aliphatic carbocycles. The van der Waals surface area contributed by atoms with Gasteiger partial charge in [0.05, 0.1) is 12.2 Å². The number of nitrogens with one attached hydrogen (secondary N) is 1. The smallest absolute Gasteiger partial charge is 0.223 e. The van der Waals surface area contributed by atoms with Crippen LogP contribution in [0.1, 0.15) is 36.2 Å². The van der Waals surface area contributed by atoms with Gasteiger partial charge in [-0.2, -0.15) is 0 Å². The predicted molar refractivity (Wildman–Crippen MR) is 116 cm³/mol. The van der Waals surface area contributed by atoms with Crippen LogP contribution >= 0.6 is 23.4 Å². The molecule has 1 aliphatic rings. The molecule has 5 nitrogen and oxygen atoms in total. The normalized spacial score (nSPS) is 13.8. The van der Waals surface area contributed by atoms with Crippen molar-refractivity contribution in [1.82, 2.24) is 20.1 Å². The highest BCUT2D eigenvalue weighted by atomic mass is 35.5. The van der Waals surface area contributed by atoms with Crippen LogP contribution < -0.4 is 5.32 Å². The highest BCUT2D eigenvalue weighted by Crippen LogP contribution is 2.29. The van der Waals surface area contributed by atoms with Gasteiger partial charge >= 0.3 is 0 Å². The molecule has 1 aromatic heterocycles. The van der Waals surface area contributed by atoms with Crippen molar-refractivity contribution in [2.24, 2.45) is 5.92 Å². The molecule has 0 saturated heterocycles. The highest BCUT2D eigenvalue weighted by Gasteiger charge is 2.25. The minimum absolute atomic E-state index is 0.0686. The number of aryl methyl sites for hydroxylation is 1. The zero-order valence-corrected chi connectivity index (χ0v) is 18.1. The van der Waals surface area contributed by atoms with Crippen LogP contribution in [-0.4, -0.2) is 20.7 Å². The third-order valence-electron chi connectivity index (χ3n) is 5.29. The topological polar surface area (TPSA) is 59.8 Å². The van der Waals surface area contributed by atoms with Crippen molar-refractivity contribution in [1.29, 1.82) is 0 Å². The van der Waals surface area contributed by atoms with E-state index < -0.39 is 0 Å². The van der Waals surface area contributed by atoms with Crippen molar-refractivity contribution in [3.05, 3.63) is 70.3 Å². The van der Waals surface area contributed by atoms with E-state index in [4.69, 9.17) is 11.6 Å². The molecule has 2 aromatic carbocycles. The Morgan fingerprint density at radius 1 is 1.23 bits per heavy atom. The second-order valence-corrected chi connectivity index (χ2v) is 8.80. The van der Waals surface area contributed by atoms with Crippen molar-refractivity contribution in [2.75, 3.05) is 0 Å². The molecule has 0 unspecified atom stereocenters. The largest absolute Gasteiger partial charge is 0.349 e. The summed E-state index contributed by atoms with van der Waals surface area (Å²) in [4.78, 5) is 12.3. The Morgan fingerprint density at radius 3 is 2.70 bits per heavy atom. The van der Waals surface area contributed by atoms with Crippen LogP contribution in [-0.2, 0) is 17.1 Å². The first-order chi connectivity index (χ1) is 14.5. The van der Waals surface area contributed by atoms with Gasteiger partial charge in [0.2, 0.25) is 5.91 Å². The van der Waals surface area contributed by atoms with Gasteiger partial charge in [-0.3, -0.25) is 9.36 Å². The number of carbonyl (C=O) groups is 1. The van der Waals surface area contributed by atoms with Crippen LogP contribution in [0.4, 0.5) is 4.39 Å². The molecule has 0 aliphatic heterocycles. The zero-order valence-electron chi connectivity index (χ0n) is 16.6. The Kier molecular flexibility index (Phi) is 6.39. The van der Waals surface area contributed by atoms with Crippen molar-refractivity contribution >= 4 is 29.3 Å². The molecule has 0 bridgehead atoms. The molecule has 1 N–H and O–H groups in total. The molecule has 1 heterocycles. The van der Waals surface area contributed by atoms with Gasteiger partial charge < -0.3 is 5.32 Å². The summed E-state index contributed by atoms with van der Waals surface area (Å²) in [5.74, 6) is 1.19. The van der Waals surface area contributed by atoms with E-state index in [0.717, 1.165) is 36.1 Å². The van der Waals surface area contributed by atoms with E-state index in [1.807, 2.05) is 29.7 Å². The van der Waals surface area contributed by atoms with Crippen LogP contribution in [0.3, 0.4) is 0 Å². The number of hydrogen-bond acceptors (Lipinski definition) is 4. The molecule has 3 aromatic rings. The van der Waals surface area contributed by atoms with E-state index in [0.29, 0.717) is 28.3 Å². The fraction of sp³-hybridized carbons (Fsp3) is 0.318. The van der Waals surface area contributed by atoms with Gasteiger partial charge in [0.15, 0.2) is 11.0 Å². The van der Waals surface area contributed by atoms with Gasteiger partial charge in [0, 0.05) is 16.7 Å². The molecule has 1 fully saturated rings. The monoisotopic (exact) mass is 444 g/mol. The van der Waals surface area contributed by atoms with Crippen molar-refractivity contribution in [2.45, 2.75) is 43.6 Å². The molecule has 0 spiro atoms. The van der Waals surface area contributed by atoms with Crippen molar-refractivity contribution in [3.63, 3.8) is 0 Å². The van der Waals surface area contributed by atoms with E-state index in [1.54, 1.807) is 12.1 Å². The molecule has 1 saturated carbocycles. The fourth-order valence-corrected chi connectivity index (χ4v) is 4.37. The third kappa shape index (κ3) is 4.68. The molecular weight excluding hydrogens is 423 g/mol. The number of carbonyl (C=O) groups excluding carboxylic acids is 1. The van der Waals surface area contributed by atoms with Gasteiger partial charge in [-0.15, -0.1) is 10.2 Å². The summed E-state index contributed by atoms with van der Waals surface area (Å²) in [5, 5.41) is 13.0. The van der Waals surface area contributed by atoms with E-state index in [2.05, 4.69) is 15.5 Å². The molecule has 156 valence electrons. The minimum atomic E-state index is -0.258. The van der Waals surface area contributed by atoms with Gasteiger partial charge in [0.1, 0.15) is 5.82 Å². The van der Waals surface area contributed by atoms with Crippen LogP contribution in [0.25, 0.3) is 5.69 Å². The summed E-state index contributed by atoms with van der Waals surface area (Å²) in [6, 6.07) is 12.1. The van der Waals surface area contributed by atoms with Crippen molar-refractivity contribution < 1.29 is 9.18 Å². The number of thioether (sulfide) groups is 1. The van der Waals surface area contributed by atoms with E-state index in [-0.39, 0.29) is 17.6 Å². The van der Waals surface area contributed by atoms with Crippen LogP contribution in [0.2, 0.25) is 5.02 Å². The van der Waals surface area contributed by atoms with Gasteiger partial charge in [-0.1, -0.05) is 48.0 Å². The summed E-state index contributed by atoms with van der Waals surface area (Å²) in [6.07, 6.45) is 3.01. The van der Waals surface area contributed by atoms with Crippen LogP contribution in [0, 0.1) is 18.7 Å². The van der Waals surface area contributed by atoms with Gasteiger partial charge in [-0.25, -0.2) is 4.39 Å². The first-order valence-electron chi connectivity index (χ1n) is 9.87. The maximum absolute atomic E-state index is 13.2. The summed E-state index contributed by atoms with van der Waals surface area (Å²) in [6.45, 7) is 2.29. The van der Waals surface area contributed by atoms with E-state index in [1.165, 1.54) is 23.9 Å². The second-order valence-electron chi connectivity index (χ2n) is 7.43. The lowest BCUT2D eigenvalue weighted by Crippen LogP contribution is -2.34. The number of halogens is 2. The Balaban J connectivity index is 1.60.